The van der Waals surface area contributed by atoms with E-state index < -0.39 is 28.8 Å². The third-order valence-corrected chi connectivity index (χ3v) is 5.92. The zero-order valence-electron chi connectivity index (χ0n) is 18.5. The van der Waals surface area contributed by atoms with E-state index in [1.807, 2.05) is 19.1 Å². The minimum absolute atomic E-state index is 0.143. The largest absolute Gasteiger partial charge is 0.502 e. The molecule has 2 amide bonds. The van der Waals surface area contributed by atoms with Crippen molar-refractivity contribution in [2.75, 3.05) is 25.4 Å². The third-order valence-electron chi connectivity index (χ3n) is 5.92. The van der Waals surface area contributed by atoms with E-state index in [0.717, 1.165) is 5.56 Å². The fourth-order valence-corrected chi connectivity index (χ4v) is 4.03. The Bertz CT molecular complexity index is 1210. The number of amides is 2. The summed E-state index contributed by atoms with van der Waals surface area (Å²) in [4.78, 5) is 40.2. The average molecular weight is 456 g/mol. The average Bonchev–Trinajstić information content (AvgIpc) is 2.91. The van der Waals surface area contributed by atoms with Crippen molar-refractivity contribution in [3.63, 3.8) is 0 Å². The van der Waals surface area contributed by atoms with Gasteiger partial charge in [-0.1, -0.05) is 24.3 Å². The molecule has 0 saturated carbocycles. The number of hydrogen-bond acceptors (Lipinski definition) is 6. The van der Waals surface area contributed by atoms with Gasteiger partial charge in [-0.15, -0.1) is 0 Å². The summed E-state index contributed by atoms with van der Waals surface area (Å²) in [7, 11) is 1.54. The predicted octanol–water partition coefficient (Wildman–Crippen LogP) is 1.26. The van der Waals surface area contributed by atoms with Gasteiger partial charge in [0.2, 0.25) is 5.43 Å². The Hall–Kier alpha value is -3.66. The molecule has 10 heteroatoms. The molecular formula is C23H25FN4O5. The summed E-state index contributed by atoms with van der Waals surface area (Å²) in [6, 6.07) is 4.04. The quantitative estimate of drug-likeness (QED) is 0.657. The van der Waals surface area contributed by atoms with E-state index >= 15 is 0 Å². The van der Waals surface area contributed by atoms with E-state index in [4.69, 9.17) is 4.74 Å². The molecule has 2 aliphatic heterocycles. The zero-order chi connectivity index (χ0) is 23.9. The van der Waals surface area contributed by atoms with E-state index in [1.54, 1.807) is 31.2 Å². The molecular weight excluding hydrogens is 431 g/mol. The van der Waals surface area contributed by atoms with Crippen molar-refractivity contribution in [3.8, 4) is 5.75 Å². The number of benzene rings is 1. The number of aromatic nitrogens is 1. The molecule has 4 rings (SSSR count). The second kappa shape index (κ2) is 8.70. The molecule has 33 heavy (non-hydrogen) atoms. The topological polar surface area (TPSA) is 104 Å². The molecule has 0 unspecified atom stereocenters. The van der Waals surface area contributed by atoms with Gasteiger partial charge in [-0.05, 0) is 25.5 Å². The number of fused-ring (bicyclic) bond motifs is 4. The lowest BCUT2D eigenvalue weighted by Gasteiger charge is -2.42. The number of carbonyl (C=O) groups excluding carboxylic acids is 2. The van der Waals surface area contributed by atoms with Gasteiger partial charge in [-0.3, -0.25) is 24.1 Å². The summed E-state index contributed by atoms with van der Waals surface area (Å²) in [5.74, 6) is -2.60. The first kappa shape index (κ1) is 22.5. The maximum atomic E-state index is 14.1. The van der Waals surface area contributed by atoms with Gasteiger partial charge < -0.3 is 20.1 Å². The van der Waals surface area contributed by atoms with Crippen molar-refractivity contribution >= 4 is 11.8 Å². The van der Waals surface area contributed by atoms with Gasteiger partial charge in [0, 0.05) is 31.5 Å². The molecule has 2 aromatic rings. The first-order chi connectivity index (χ1) is 15.7. The number of halogens is 1. The van der Waals surface area contributed by atoms with Crippen LogP contribution < -0.4 is 15.8 Å². The van der Waals surface area contributed by atoms with Crippen LogP contribution in [0.1, 0.15) is 38.9 Å². The summed E-state index contributed by atoms with van der Waals surface area (Å²) in [6.07, 6.45) is 4.97. The predicted molar refractivity (Wildman–Crippen MR) is 118 cm³/mol. The number of nitrogens with zero attached hydrogens (tertiary/aromatic N) is 3. The molecule has 1 aromatic heterocycles. The summed E-state index contributed by atoms with van der Waals surface area (Å²) in [6.45, 7) is 3.90. The molecule has 0 aliphatic carbocycles. The van der Waals surface area contributed by atoms with Crippen molar-refractivity contribution in [2.24, 2.45) is 0 Å². The fraction of sp³-hybridized carbons (Fsp3) is 0.348. The van der Waals surface area contributed by atoms with Gasteiger partial charge >= 0.3 is 0 Å². The number of nitrogens with one attached hydrogen (secondary N) is 1. The van der Waals surface area contributed by atoms with Crippen molar-refractivity contribution < 1.29 is 23.8 Å². The van der Waals surface area contributed by atoms with Crippen LogP contribution in [-0.2, 0) is 11.3 Å². The summed E-state index contributed by atoms with van der Waals surface area (Å²) in [5.41, 5.74) is -0.549. The van der Waals surface area contributed by atoms with Crippen LogP contribution in [-0.4, -0.2) is 59.0 Å². The lowest BCUT2D eigenvalue weighted by molar-refractivity contribution is 0.0638. The maximum absolute atomic E-state index is 14.1. The lowest BCUT2D eigenvalue weighted by atomic mass is 10.1. The van der Waals surface area contributed by atoms with Crippen LogP contribution >= 0.6 is 0 Å². The van der Waals surface area contributed by atoms with Gasteiger partial charge in [-0.2, -0.15) is 0 Å². The first-order valence-electron chi connectivity index (χ1n) is 10.5. The molecule has 0 spiro atoms. The second-order valence-electron chi connectivity index (χ2n) is 8.20. The van der Waals surface area contributed by atoms with Crippen LogP contribution in [0.5, 0.6) is 5.75 Å². The second-order valence-corrected chi connectivity index (χ2v) is 8.20. The molecule has 174 valence electrons. The monoisotopic (exact) mass is 456 g/mol. The van der Waals surface area contributed by atoms with E-state index in [1.165, 1.54) is 21.8 Å². The molecule has 2 bridgehead atoms. The van der Waals surface area contributed by atoms with Crippen LogP contribution in [0.3, 0.4) is 0 Å². The van der Waals surface area contributed by atoms with Crippen molar-refractivity contribution in [2.45, 2.75) is 32.5 Å². The molecule has 0 fully saturated rings. The molecule has 9 nitrogen and oxygen atoms in total. The highest BCUT2D eigenvalue weighted by molar-refractivity contribution is 5.99. The molecule has 0 radical (unpaired) electrons. The Morgan fingerprint density at radius 3 is 2.76 bits per heavy atom. The number of pyridine rings is 1. The molecule has 2 N–H and O–H groups in total. The SMILES string of the molecule is COC[C@@H]1C=C[C@H](C)N2CN1n1cc(C(=O)NCc3ccc(C)cc3F)c(=O)c(O)c1C2=O. The van der Waals surface area contributed by atoms with Gasteiger partial charge in [0.1, 0.15) is 18.0 Å². The van der Waals surface area contributed by atoms with Crippen LogP contribution in [0.15, 0.2) is 41.3 Å². The van der Waals surface area contributed by atoms with Crippen molar-refractivity contribution in [1.29, 1.82) is 0 Å². The zero-order valence-corrected chi connectivity index (χ0v) is 18.5. The van der Waals surface area contributed by atoms with Crippen LogP contribution in [0.25, 0.3) is 0 Å². The van der Waals surface area contributed by atoms with Crippen LogP contribution in [0.4, 0.5) is 4.39 Å². The third kappa shape index (κ3) is 3.97. The van der Waals surface area contributed by atoms with Crippen LogP contribution in [0.2, 0.25) is 0 Å². The van der Waals surface area contributed by atoms with E-state index in [-0.39, 0.29) is 48.7 Å². The van der Waals surface area contributed by atoms with E-state index in [9.17, 15) is 23.9 Å². The van der Waals surface area contributed by atoms with Crippen LogP contribution in [0, 0.1) is 12.7 Å². The smallest absolute Gasteiger partial charge is 0.278 e. The van der Waals surface area contributed by atoms with Gasteiger partial charge in [0.15, 0.2) is 11.4 Å². The minimum Gasteiger partial charge on any atom is -0.502 e. The summed E-state index contributed by atoms with van der Waals surface area (Å²) >= 11 is 0. The molecule has 2 atom stereocenters. The number of aryl methyl sites for hydroxylation is 1. The van der Waals surface area contributed by atoms with E-state index in [2.05, 4.69) is 5.32 Å². The Morgan fingerprint density at radius 1 is 1.30 bits per heavy atom. The molecule has 3 heterocycles. The summed E-state index contributed by atoms with van der Waals surface area (Å²) < 4.78 is 20.7. The first-order valence-corrected chi connectivity index (χ1v) is 10.5. The highest BCUT2D eigenvalue weighted by atomic mass is 19.1. The number of hydrogen-bond donors (Lipinski definition) is 2. The maximum Gasteiger partial charge on any atom is 0.278 e. The van der Waals surface area contributed by atoms with Gasteiger partial charge in [0.05, 0.1) is 12.6 Å². The van der Waals surface area contributed by atoms with Crippen molar-refractivity contribution in [3.05, 3.63) is 75.0 Å². The molecule has 2 aliphatic rings. The minimum atomic E-state index is -0.971. The number of ether oxygens (including phenoxy) is 1. The Balaban J connectivity index is 1.72. The number of methoxy groups -OCH3 is 1. The number of rotatable bonds is 5. The Labute approximate surface area is 189 Å². The number of aromatic hydroxyl groups is 1. The summed E-state index contributed by atoms with van der Waals surface area (Å²) in [5, 5.41) is 14.9. The van der Waals surface area contributed by atoms with Gasteiger partial charge in [-0.25, -0.2) is 4.39 Å². The number of carbonyl (C=O) groups is 2. The lowest BCUT2D eigenvalue weighted by Crippen LogP contribution is -2.58. The Morgan fingerprint density at radius 2 is 2.06 bits per heavy atom. The van der Waals surface area contributed by atoms with Crippen molar-refractivity contribution in [1.82, 2.24) is 14.9 Å². The molecule has 1 aromatic carbocycles. The van der Waals surface area contributed by atoms with Gasteiger partial charge in [0.25, 0.3) is 11.8 Å². The van der Waals surface area contributed by atoms with E-state index in [0.29, 0.717) is 0 Å². The normalized spacial score (nSPS) is 19.3. The highest BCUT2D eigenvalue weighted by Gasteiger charge is 2.39. The standard InChI is InChI=1S/C23H25FN4O5/c1-13-4-6-15(18(24)8-13)9-25-22(31)17-10-27-19(21(30)20(17)29)23(32)26-12-28(27)16(11-33-3)7-5-14(26)2/h4-8,10,14,16,30H,9,11-12H2,1-3H3,(H,25,31)/t14-,16-/m0/s1. The Kier molecular flexibility index (Phi) is 5.94. The fourth-order valence-electron chi connectivity index (χ4n) is 4.03. The molecule has 0 saturated heterocycles. The highest BCUT2D eigenvalue weighted by Crippen LogP contribution is 2.26.